The molecule has 0 amide bonds. The highest BCUT2D eigenvalue weighted by atomic mass is 35.5. The van der Waals surface area contributed by atoms with Crippen molar-refractivity contribution < 1.29 is 0 Å². The third-order valence-corrected chi connectivity index (χ3v) is 3.92. The first-order valence-electron chi connectivity index (χ1n) is 6.81. The van der Waals surface area contributed by atoms with Gasteiger partial charge in [0.25, 0.3) is 0 Å². The lowest BCUT2D eigenvalue weighted by Gasteiger charge is -2.17. The number of hydrogen-bond acceptors (Lipinski definition) is 4. The van der Waals surface area contributed by atoms with E-state index in [1.54, 1.807) is 6.33 Å². The molecule has 0 fully saturated rings. The van der Waals surface area contributed by atoms with Crippen molar-refractivity contribution in [2.24, 2.45) is 14.1 Å². The van der Waals surface area contributed by atoms with E-state index >= 15 is 0 Å². The Labute approximate surface area is 127 Å². The molecule has 3 aromatic heterocycles. The van der Waals surface area contributed by atoms with E-state index in [1.165, 1.54) is 0 Å². The van der Waals surface area contributed by atoms with E-state index in [9.17, 15) is 0 Å². The van der Waals surface area contributed by atoms with Crippen LogP contribution >= 0.6 is 11.6 Å². The van der Waals surface area contributed by atoms with Gasteiger partial charge in [-0.1, -0.05) is 0 Å². The average Bonchev–Trinajstić information content (AvgIpc) is 3.06. The van der Waals surface area contributed by atoms with Crippen LogP contribution in [0.4, 0.5) is 0 Å². The summed E-state index contributed by atoms with van der Waals surface area (Å²) in [6, 6.07) is -0.0338. The molecule has 0 N–H and O–H groups in total. The number of alkyl halides is 1. The third kappa shape index (κ3) is 2.03. The molecule has 112 valence electrons. The second kappa shape index (κ2) is 4.84. The highest BCUT2D eigenvalue weighted by molar-refractivity contribution is 6.20. The Morgan fingerprint density at radius 1 is 1.19 bits per heavy atom. The fraction of sp³-hybridized carbons (Fsp3) is 0.538. The molecular formula is C13H18ClN7. The van der Waals surface area contributed by atoms with E-state index in [4.69, 9.17) is 11.6 Å². The van der Waals surface area contributed by atoms with Gasteiger partial charge >= 0.3 is 0 Å². The monoisotopic (exact) mass is 307 g/mol. The van der Waals surface area contributed by atoms with Gasteiger partial charge in [-0.2, -0.15) is 5.10 Å². The number of aryl methyl sites for hydroxylation is 3. The molecule has 0 aliphatic rings. The fourth-order valence-corrected chi connectivity index (χ4v) is 2.91. The maximum Gasteiger partial charge on any atom is 0.159 e. The highest BCUT2D eigenvalue weighted by Gasteiger charge is 2.26. The lowest BCUT2D eigenvalue weighted by Crippen LogP contribution is -2.16. The molecule has 2 unspecified atom stereocenters. The zero-order valence-electron chi connectivity index (χ0n) is 12.7. The van der Waals surface area contributed by atoms with Gasteiger partial charge < -0.3 is 9.13 Å². The Balaban J connectivity index is 2.29. The summed E-state index contributed by atoms with van der Waals surface area (Å²) in [5.41, 5.74) is 2.73. The van der Waals surface area contributed by atoms with E-state index < -0.39 is 0 Å². The number of halogens is 1. The second-order valence-corrected chi connectivity index (χ2v) is 5.97. The van der Waals surface area contributed by atoms with E-state index in [0.29, 0.717) is 0 Å². The molecule has 8 heteroatoms. The van der Waals surface area contributed by atoms with Crippen molar-refractivity contribution in [3.63, 3.8) is 0 Å². The number of nitrogens with zero attached hydrogens (tertiary/aromatic N) is 7. The molecule has 0 bridgehead atoms. The summed E-state index contributed by atoms with van der Waals surface area (Å²) >= 11 is 6.33. The smallest absolute Gasteiger partial charge is 0.159 e. The topological polar surface area (TPSA) is 66.3 Å². The molecule has 21 heavy (non-hydrogen) atoms. The Morgan fingerprint density at radius 2 is 1.90 bits per heavy atom. The summed E-state index contributed by atoms with van der Waals surface area (Å²) in [6.45, 7) is 5.94. The van der Waals surface area contributed by atoms with Crippen LogP contribution < -0.4 is 0 Å². The van der Waals surface area contributed by atoms with Crippen LogP contribution in [-0.4, -0.2) is 34.1 Å². The molecule has 0 aromatic carbocycles. The van der Waals surface area contributed by atoms with Gasteiger partial charge in [-0.3, -0.25) is 4.68 Å². The maximum absolute atomic E-state index is 6.33. The lowest BCUT2D eigenvalue weighted by molar-refractivity contribution is 0.548. The molecule has 0 radical (unpaired) electrons. The number of aromatic nitrogens is 7. The molecule has 0 aliphatic heterocycles. The Kier molecular flexibility index (Phi) is 3.24. The van der Waals surface area contributed by atoms with Gasteiger partial charge in [-0.05, 0) is 20.8 Å². The zero-order chi connectivity index (χ0) is 15.3. The fourth-order valence-electron chi connectivity index (χ4n) is 2.76. The predicted octanol–water partition coefficient (Wildman–Crippen LogP) is 2.12. The van der Waals surface area contributed by atoms with Crippen LogP contribution in [0.1, 0.15) is 42.6 Å². The van der Waals surface area contributed by atoms with E-state index in [1.807, 2.05) is 37.2 Å². The summed E-state index contributed by atoms with van der Waals surface area (Å²) in [4.78, 5) is 4.68. The average molecular weight is 308 g/mol. The first-order valence-corrected chi connectivity index (χ1v) is 7.24. The van der Waals surface area contributed by atoms with Gasteiger partial charge in [0.05, 0.1) is 17.1 Å². The number of fused-ring (bicyclic) bond motifs is 1. The van der Waals surface area contributed by atoms with Crippen LogP contribution in [0.15, 0.2) is 6.33 Å². The minimum Gasteiger partial charge on any atom is -0.319 e. The largest absolute Gasteiger partial charge is 0.319 e. The van der Waals surface area contributed by atoms with Crippen molar-refractivity contribution in [2.45, 2.75) is 32.2 Å². The number of hydrogen-bond donors (Lipinski definition) is 0. The minimum atomic E-state index is -0.201. The molecule has 0 spiro atoms. The van der Waals surface area contributed by atoms with Crippen LogP contribution in [0, 0.1) is 6.92 Å². The predicted molar refractivity (Wildman–Crippen MR) is 80.3 cm³/mol. The summed E-state index contributed by atoms with van der Waals surface area (Å²) in [6.07, 6.45) is 1.69. The SMILES string of the molecule is Cc1nn(C)c2c1nc(C(C)Cl)n2C(C)c1nncn1C. The van der Waals surface area contributed by atoms with Crippen molar-refractivity contribution in [3.8, 4) is 0 Å². The number of rotatable bonds is 3. The van der Waals surface area contributed by atoms with Gasteiger partial charge in [0.2, 0.25) is 0 Å². The van der Waals surface area contributed by atoms with Crippen LogP contribution in [0.25, 0.3) is 11.2 Å². The molecule has 3 heterocycles. The van der Waals surface area contributed by atoms with E-state index in [-0.39, 0.29) is 11.4 Å². The van der Waals surface area contributed by atoms with Crippen molar-refractivity contribution >= 4 is 22.8 Å². The van der Waals surface area contributed by atoms with Gasteiger partial charge in [-0.25, -0.2) is 4.98 Å². The summed E-state index contributed by atoms with van der Waals surface area (Å²) in [7, 11) is 3.85. The normalized spacial score (nSPS) is 14.8. The van der Waals surface area contributed by atoms with Crippen molar-refractivity contribution in [2.75, 3.05) is 0 Å². The third-order valence-electron chi connectivity index (χ3n) is 3.73. The van der Waals surface area contributed by atoms with Gasteiger partial charge in [-0.15, -0.1) is 21.8 Å². The first kappa shape index (κ1) is 14.1. The Hall–Kier alpha value is -1.89. The van der Waals surface area contributed by atoms with Crippen molar-refractivity contribution in [3.05, 3.63) is 23.7 Å². The van der Waals surface area contributed by atoms with Gasteiger partial charge in [0.1, 0.15) is 17.7 Å². The van der Waals surface area contributed by atoms with Crippen LogP contribution in [0.3, 0.4) is 0 Å². The quantitative estimate of drug-likeness (QED) is 0.695. The second-order valence-electron chi connectivity index (χ2n) is 5.31. The molecule has 2 atom stereocenters. The van der Waals surface area contributed by atoms with Crippen LogP contribution in [0.5, 0.6) is 0 Å². The number of imidazole rings is 1. The first-order chi connectivity index (χ1) is 9.91. The summed E-state index contributed by atoms with van der Waals surface area (Å²) in [5, 5.41) is 12.4. The van der Waals surface area contributed by atoms with Crippen molar-refractivity contribution in [1.82, 2.24) is 34.1 Å². The standard InChI is InChI=1S/C13H18ClN7/c1-7(14)11-16-10-8(2)18-20(5)13(10)21(11)9(3)12-17-15-6-19(12)4/h6-7,9H,1-5H3. The molecule has 0 saturated carbocycles. The maximum atomic E-state index is 6.33. The lowest BCUT2D eigenvalue weighted by atomic mass is 10.3. The highest BCUT2D eigenvalue weighted by Crippen LogP contribution is 2.31. The molecule has 7 nitrogen and oxygen atoms in total. The Morgan fingerprint density at radius 3 is 2.48 bits per heavy atom. The van der Waals surface area contributed by atoms with E-state index in [2.05, 4.69) is 31.8 Å². The molecule has 0 saturated heterocycles. The molecular weight excluding hydrogens is 290 g/mol. The zero-order valence-corrected chi connectivity index (χ0v) is 13.5. The molecule has 0 aliphatic carbocycles. The molecule has 3 rings (SSSR count). The minimum absolute atomic E-state index is 0.0338. The Bertz CT molecular complexity index is 795. The summed E-state index contributed by atoms with van der Waals surface area (Å²) < 4.78 is 5.84. The van der Waals surface area contributed by atoms with Gasteiger partial charge in [0, 0.05) is 14.1 Å². The van der Waals surface area contributed by atoms with Gasteiger partial charge in [0.15, 0.2) is 11.5 Å². The molecule has 3 aromatic rings. The summed E-state index contributed by atoms with van der Waals surface area (Å²) in [5.74, 6) is 1.67. The van der Waals surface area contributed by atoms with Crippen LogP contribution in [-0.2, 0) is 14.1 Å². The van der Waals surface area contributed by atoms with Crippen molar-refractivity contribution in [1.29, 1.82) is 0 Å². The van der Waals surface area contributed by atoms with E-state index in [0.717, 1.165) is 28.5 Å². The van der Waals surface area contributed by atoms with Crippen LogP contribution in [0.2, 0.25) is 0 Å².